The molecule has 0 aliphatic carbocycles. The molecule has 6 heteroatoms. The molecule has 0 unspecified atom stereocenters. The molecular weight excluding hydrogens is 351 g/mol. The van der Waals surface area contributed by atoms with E-state index in [0.29, 0.717) is 22.2 Å². The van der Waals surface area contributed by atoms with Crippen molar-refractivity contribution in [1.82, 2.24) is 15.3 Å². The van der Waals surface area contributed by atoms with Gasteiger partial charge in [0.05, 0.1) is 16.7 Å². The topological polar surface area (TPSA) is 53.1 Å². The van der Waals surface area contributed by atoms with Gasteiger partial charge in [-0.2, -0.15) is 0 Å². The Morgan fingerprint density at radius 1 is 1.35 bits per heavy atom. The lowest BCUT2D eigenvalue weighted by Gasteiger charge is -2.11. The summed E-state index contributed by atoms with van der Waals surface area (Å²) in [6.07, 6.45) is 0.802. The van der Waals surface area contributed by atoms with E-state index in [1.54, 1.807) is 6.07 Å². The summed E-state index contributed by atoms with van der Waals surface area (Å²) < 4.78 is 13.2. The van der Waals surface area contributed by atoms with E-state index in [4.69, 9.17) is 11.6 Å². The third-order valence-electron chi connectivity index (χ3n) is 4.05. The number of amidine groups is 1. The molecule has 0 fully saturated rings. The summed E-state index contributed by atoms with van der Waals surface area (Å²) in [7, 11) is 0. The van der Waals surface area contributed by atoms with Crippen molar-refractivity contribution in [3.63, 3.8) is 0 Å². The lowest BCUT2D eigenvalue weighted by atomic mass is 10.1. The normalized spacial score (nSPS) is 11.8. The Hall–Kier alpha value is -2.66. The molecule has 1 aromatic heterocycles. The molecule has 0 saturated carbocycles. The van der Waals surface area contributed by atoms with Gasteiger partial charge in [0.25, 0.3) is 0 Å². The number of H-pyrrole nitrogens is 1. The van der Waals surface area contributed by atoms with E-state index in [-0.39, 0.29) is 5.82 Å². The van der Waals surface area contributed by atoms with E-state index in [1.807, 2.05) is 32.9 Å². The van der Waals surface area contributed by atoms with Crippen LogP contribution in [-0.4, -0.2) is 15.8 Å². The van der Waals surface area contributed by atoms with Crippen LogP contribution >= 0.6 is 11.6 Å². The van der Waals surface area contributed by atoms with Crippen LogP contribution in [0.1, 0.15) is 30.8 Å². The molecule has 0 saturated heterocycles. The molecule has 4 nitrogen and oxygen atoms in total. The quantitative estimate of drug-likeness (QED) is 0.468. The molecule has 134 valence electrons. The largest absolute Gasteiger partial charge is 0.344 e. The Morgan fingerprint density at radius 2 is 2.12 bits per heavy atom. The summed E-state index contributed by atoms with van der Waals surface area (Å²) >= 11 is 6.23. The van der Waals surface area contributed by atoms with Gasteiger partial charge in [-0.15, -0.1) is 0 Å². The summed E-state index contributed by atoms with van der Waals surface area (Å²) in [6.45, 7) is 9.80. The highest BCUT2D eigenvalue weighted by molar-refractivity contribution is 6.31. The summed E-state index contributed by atoms with van der Waals surface area (Å²) in [5, 5.41) is 3.78. The van der Waals surface area contributed by atoms with Crippen LogP contribution in [0.25, 0.3) is 16.7 Å². The molecular formula is C20H20ClFN4. The second-order valence-electron chi connectivity index (χ2n) is 6.12. The Bertz CT molecular complexity index is 1020. The minimum absolute atomic E-state index is 0.274. The number of aliphatic imine (C=N–C) groups is 1. The molecule has 0 radical (unpaired) electrons. The van der Waals surface area contributed by atoms with Crippen LogP contribution in [0.3, 0.4) is 0 Å². The molecule has 2 N–H and O–H groups in total. The van der Waals surface area contributed by atoms with Crippen LogP contribution < -0.4 is 5.32 Å². The first-order valence-corrected chi connectivity index (χ1v) is 8.71. The summed E-state index contributed by atoms with van der Waals surface area (Å²) in [5.74, 6) is 1.26. The number of imidazole rings is 1. The molecule has 0 bridgehead atoms. The van der Waals surface area contributed by atoms with Gasteiger partial charge < -0.3 is 10.3 Å². The molecule has 2 aromatic carbocycles. The second kappa shape index (κ2) is 7.30. The standard InChI is InChI=1S/C20H20ClFN4/c1-5-19-25-18-10-14(21)9-16(20(18)26-19)12(3)23-13(4)24-17-7-6-15(22)8-11(17)2/h6-10H,3,5H2,1-2,4H3,(H,23,24)(H,25,26). The van der Waals surface area contributed by atoms with Crippen LogP contribution in [0.4, 0.5) is 10.1 Å². The van der Waals surface area contributed by atoms with E-state index in [9.17, 15) is 4.39 Å². The van der Waals surface area contributed by atoms with E-state index < -0.39 is 0 Å². The van der Waals surface area contributed by atoms with Gasteiger partial charge in [-0.25, -0.2) is 14.4 Å². The minimum atomic E-state index is -0.274. The number of aromatic amines is 1. The molecule has 0 amide bonds. The molecule has 0 aliphatic rings. The summed E-state index contributed by atoms with van der Waals surface area (Å²) in [6, 6.07) is 8.17. The van der Waals surface area contributed by atoms with E-state index in [1.165, 1.54) is 12.1 Å². The number of benzene rings is 2. The van der Waals surface area contributed by atoms with Crippen LogP contribution in [0, 0.1) is 12.7 Å². The van der Waals surface area contributed by atoms with Crippen molar-refractivity contribution in [1.29, 1.82) is 0 Å². The lowest BCUT2D eigenvalue weighted by molar-refractivity contribution is 0.627. The fourth-order valence-electron chi connectivity index (χ4n) is 2.77. The Morgan fingerprint density at radius 3 is 2.81 bits per heavy atom. The zero-order valence-corrected chi connectivity index (χ0v) is 15.7. The number of hydrogen-bond donors (Lipinski definition) is 2. The highest BCUT2D eigenvalue weighted by Crippen LogP contribution is 2.26. The molecule has 3 rings (SSSR count). The van der Waals surface area contributed by atoms with Crippen molar-refractivity contribution in [2.24, 2.45) is 4.99 Å². The number of fused-ring (bicyclic) bond motifs is 1. The summed E-state index contributed by atoms with van der Waals surface area (Å²) in [4.78, 5) is 12.3. The first kappa shape index (κ1) is 18.1. The molecule has 26 heavy (non-hydrogen) atoms. The van der Waals surface area contributed by atoms with Crippen molar-refractivity contribution in [3.8, 4) is 0 Å². The maximum absolute atomic E-state index is 13.2. The van der Waals surface area contributed by atoms with Crippen molar-refractivity contribution in [2.75, 3.05) is 0 Å². The smallest absolute Gasteiger partial charge is 0.123 e. The Balaban J connectivity index is 1.91. The monoisotopic (exact) mass is 370 g/mol. The predicted octanol–water partition coefficient (Wildman–Crippen LogP) is 5.54. The average Bonchev–Trinajstić information content (AvgIpc) is 2.99. The predicted molar refractivity (Wildman–Crippen MR) is 107 cm³/mol. The van der Waals surface area contributed by atoms with Crippen molar-refractivity contribution in [2.45, 2.75) is 27.2 Å². The fourth-order valence-corrected chi connectivity index (χ4v) is 2.99. The number of rotatable bonds is 4. The van der Waals surface area contributed by atoms with Gasteiger partial charge in [-0.1, -0.05) is 25.1 Å². The van der Waals surface area contributed by atoms with Gasteiger partial charge in [0.2, 0.25) is 0 Å². The zero-order chi connectivity index (χ0) is 18.8. The SMILES string of the molecule is C=C(N/C(C)=N/c1ccc(F)cc1C)c1cc(Cl)cc2nc(CC)[nH]c12. The molecule has 0 spiro atoms. The van der Waals surface area contributed by atoms with Gasteiger partial charge in [-0.3, -0.25) is 0 Å². The van der Waals surface area contributed by atoms with Crippen LogP contribution in [0.5, 0.6) is 0 Å². The maximum atomic E-state index is 13.2. The van der Waals surface area contributed by atoms with Crippen LogP contribution in [-0.2, 0) is 6.42 Å². The fraction of sp³-hybridized carbons (Fsp3) is 0.200. The molecule has 0 aliphatic heterocycles. The van der Waals surface area contributed by atoms with Crippen molar-refractivity contribution in [3.05, 3.63) is 64.7 Å². The van der Waals surface area contributed by atoms with Gasteiger partial charge in [-0.05, 0) is 49.7 Å². The number of halogens is 2. The third kappa shape index (κ3) is 3.78. The molecule has 1 heterocycles. The highest BCUT2D eigenvalue weighted by atomic mass is 35.5. The number of nitrogens with zero attached hydrogens (tertiary/aromatic N) is 2. The third-order valence-corrected chi connectivity index (χ3v) is 4.26. The van der Waals surface area contributed by atoms with Crippen molar-refractivity contribution >= 4 is 39.9 Å². The number of aryl methyl sites for hydroxylation is 2. The number of aromatic nitrogens is 2. The first-order chi connectivity index (χ1) is 12.4. The Kier molecular flexibility index (Phi) is 5.09. The van der Waals surface area contributed by atoms with E-state index >= 15 is 0 Å². The van der Waals surface area contributed by atoms with Gasteiger partial charge in [0, 0.05) is 22.7 Å². The highest BCUT2D eigenvalue weighted by Gasteiger charge is 2.12. The van der Waals surface area contributed by atoms with Crippen LogP contribution in [0.15, 0.2) is 41.9 Å². The lowest BCUT2D eigenvalue weighted by Crippen LogP contribution is -2.18. The molecule has 0 atom stereocenters. The number of nitrogens with one attached hydrogen (secondary N) is 2. The van der Waals surface area contributed by atoms with Crippen LogP contribution in [0.2, 0.25) is 5.02 Å². The van der Waals surface area contributed by atoms with E-state index in [0.717, 1.165) is 34.4 Å². The van der Waals surface area contributed by atoms with Crippen molar-refractivity contribution < 1.29 is 4.39 Å². The minimum Gasteiger partial charge on any atom is -0.344 e. The zero-order valence-electron chi connectivity index (χ0n) is 15.0. The Labute approximate surface area is 156 Å². The van der Waals surface area contributed by atoms with Gasteiger partial charge in [0.1, 0.15) is 17.5 Å². The number of hydrogen-bond acceptors (Lipinski definition) is 2. The maximum Gasteiger partial charge on any atom is 0.123 e. The van der Waals surface area contributed by atoms with Gasteiger partial charge in [0.15, 0.2) is 0 Å². The van der Waals surface area contributed by atoms with Gasteiger partial charge >= 0.3 is 0 Å². The first-order valence-electron chi connectivity index (χ1n) is 8.33. The average molecular weight is 371 g/mol. The second-order valence-corrected chi connectivity index (χ2v) is 6.55. The van der Waals surface area contributed by atoms with E-state index in [2.05, 4.69) is 26.9 Å². The summed E-state index contributed by atoms with van der Waals surface area (Å²) in [5.41, 5.74) is 4.65. The molecule has 3 aromatic rings.